The van der Waals surface area contributed by atoms with E-state index in [0.717, 1.165) is 12.1 Å². The number of ether oxygens (including phenoxy) is 1. The fourth-order valence-electron chi connectivity index (χ4n) is 3.30. The third-order valence-electron chi connectivity index (χ3n) is 4.61. The van der Waals surface area contributed by atoms with Gasteiger partial charge < -0.3 is 9.64 Å². The topological polar surface area (TPSA) is 68.5 Å². The number of pyridine rings is 1. The molecule has 1 aromatic heterocycles. The first-order valence-corrected chi connectivity index (χ1v) is 9.75. The van der Waals surface area contributed by atoms with Crippen LogP contribution in [0.3, 0.4) is 0 Å². The second kappa shape index (κ2) is 10.2. The zero-order valence-corrected chi connectivity index (χ0v) is 17.6. The minimum Gasteiger partial charge on any atom is -0.489 e. The molecule has 167 valence electrons. The van der Waals surface area contributed by atoms with Crippen LogP contribution < -0.4 is 4.74 Å². The van der Waals surface area contributed by atoms with E-state index in [9.17, 15) is 23.3 Å². The van der Waals surface area contributed by atoms with Crippen molar-refractivity contribution in [2.45, 2.75) is 13.0 Å². The molecule has 0 unspecified atom stereocenters. The van der Waals surface area contributed by atoms with Gasteiger partial charge >= 0.3 is 0 Å². The smallest absolute Gasteiger partial charge is 0.283 e. The number of halogens is 3. The maximum atomic E-state index is 14.2. The lowest BCUT2D eigenvalue weighted by atomic mass is 9.95. The van der Waals surface area contributed by atoms with Gasteiger partial charge in [-0.15, -0.1) is 0 Å². The lowest BCUT2D eigenvalue weighted by Gasteiger charge is -2.15. The lowest BCUT2D eigenvalue weighted by Crippen LogP contribution is -2.14. The second-order valence-electron chi connectivity index (χ2n) is 7.32. The van der Waals surface area contributed by atoms with E-state index in [-0.39, 0.29) is 47.6 Å². The lowest BCUT2D eigenvalue weighted by molar-refractivity contribution is -0.385. The Morgan fingerprint density at radius 2 is 1.91 bits per heavy atom. The van der Waals surface area contributed by atoms with Crippen molar-refractivity contribution in [3.05, 3.63) is 87.1 Å². The van der Waals surface area contributed by atoms with E-state index in [1.54, 1.807) is 19.0 Å². The molecule has 6 nitrogen and oxygen atoms in total. The number of aromatic nitrogens is 1. The van der Waals surface area contributed by atoms with Crippen molar-refractivity contribution < 1.29 is 22.8 Å². The summed E-state index contributed by atoms with van der Waals surface area (Å²) in [6.07, 6.45) is 1.20. The molecule has 0 fully saturated rings. The monoisotopic (exact) mass is 444 g/mol. The summed E-state index contributed by atoms with van der Waals surface area (Å²) in [4.78, 5) is 17.4. The van der Waals surface area contributed by atoms with E-state index in [2.05, 4.69) is 11.1 Å². The van der Waals surface area contributed by atoms with Crippen LogP contribution in [0, 0.1) is 27.8 Å². The Kier molecular flexibility index (Phi) is 7.42. The third-order valence-corrected chi connectivity index (χ3v) is 4.61. The molecule has 3 aromatic rings. The van der Waals surface area contributed by atoms with Gasteiger partial charge in [-0.05, 0) is 56.1 Å². The normalized spacial score (nSPS) is 11.1. The Bertz CT molecular complexity index is 1090. The Morgan fingerprint density at radius 1 is 1.19 bits per heavy atom. The summed E-state index contributed by atoms with van der Waals surface area (Å²) in [5.41, 5.74) is 0.765. The molecule has 32 heavy (non-hydrogen) atoms. The van der Waals surface area contributed by atoms with Crippen LogP contribution >= 0.6 is 0 Å². The van der Waals surface area contributed by atoms with Crippen LogP contribution in [0.4, 0.5) is 18.9 Å². The number of benzene rings is 2. The summed E-state index contributed by atoms with van der Waals surface area (Å²) < 4.78 is 45.9. The van der Waals surface area contributed by atoms with Gasteiger partial charge in [-0.2, -0.15) is 0 Å². The molecule has 1 radical (unpaired) electrons. The third kappa shape index (κ3) is 5.42. The number of hydrogen-bond acceptors (Lipinski definition) is 5. The molecular weight excluding hydrogens is 423 g/mol. The van der Waals surface area contributed by atoms with Crippen molar-refractivity contribution in [1.82, 2.24) is 9.88 Å². The zero-order valence-electron chi connectivity index (χ0n) is 17.6. The first-order chi connectivity index (χ1) is 15.3. The van der Waals surface area contributed by atoms with Gasteiger partial charge in [-0.1, -0.05) is 6.07 Å². The van der Waals surface area contributed by atoms with Crippen LogP contribution in [0.5, 0.6) is 5.75 Å². The fourth-order valence-corrected chi connectivity index (χ4v) is 3.30. The molecule has 0 bridgehead atoms. The minimum atomic E-state index is -0.708. The van der Waals surface area contributed by atoms with Gasteiger partial charge in [-0.25, -0.2) is 13.2 Å². The summed E-state index contributed by atoms with van der Waals surface area (Å²) in [6, 6.07) is 11.1. The number of nitro groups is 1. The maximum Gasteiger partial charge on any atom is 0.283 e. The second-order valence-corrected chi connectivity index (χ2v) is 7.32. The molecule has 0 atom stereocenters. The van der Waals surface area contributed by atoms with Crippen molar-refractivity contribution in [1.29, 1.82) is 0 Å². The average molecular weight is 444 g/mol. The maximum absolute atomic E-state index is 14.2. The molecule has 0 saturated carbocycles. The number of nitro benzene ring substituents is 1. The van der Waals surface area contributed by atoms with Crippen LogP contribution in [0.15, 0.2) is 42.6 Å². The van der Waals surface area contributed by atoms with Crippen molar-refractivity contribution in [2.75, 3.05) is 27.4 Å². The SMILES string of the molecule is CN(C)Cc1[c]c(Cc2c(F)cccc2F)cc(-c2ccc(OCCF)cn2)c1[N+](=O)[O-]. The standard InChI is InChI=1S/C23H21F3N3O3/c1-28(2)14-16-10-15(11-18-20(25)4-3-5-21(18)26)12-19(23(16)29(30)31)22-7-6-17(13-27-22)32-9-8-24/h3-7,12-13H,8-9,11,14H2,1-2H3. The van der Waals surface area contributed by atoms with E-state index in [1.165, 1.54) is 30.5 Å². The molecule has 0 N–H and O–H groups in total. The highest BCUT2D eigenvalue weighted by atomic mass is 19.1. The molecule has 2 aromatic carbocycles. The van der Waals surface area contributed by atoms with Crippen LogP contribution in [-0.2, 0) is 13.0 Å². The molecule has 0 aliphatic rings. The van der Waals surface area contributed by atoms with Gasteiger partial charge in [0.1, 0.15) is 30.7 Å². The van der Waals surface area contributed by atoms with Crippen LogP contribution in [0.25, 0.3) is 11.3 Å². The van der Waals surface area contributed by atoms with Crippen molar-refractivity contribution in [2.24, 2.45) is 0 Å². The highest BCUT2D eigenvalue weighted by Crippen LogP contribution is 2.35. The van der Waals surface area contributed by atoms with Crippen LogP contribution in [0.2, 0.25) is 0 Å². The Hall–Kier alpha value is -3.46. The van der Waals surface area contributed by atoms with Crippen molar-refractivity contribution in [3.8, 4) is 17.0 Å². The van der Waals surface area contributed by atoms with Gasteiger partial charge in [-0.3, -0.25) is 15.1 Å². The van der Waals surface area contributed by atoms with Crippen molar-refractivity contribution >= 4 is 5.69 Å². The van der Waals surface area contributed by atoms with Crippen molar-refractivity contribution in [3.63, 3.8) is 0 Å². The zero-order chi connectivity index (χ0) is 23.3. The highest BCUT2D eigenvalue weighted by Gasteiger charge is 2.25. The number of rotatable bonds is 9. The quantitative estimate of drug-likeness (QED) is 0.352. The predicted octanol–water partition coefficient (Wildman–Crippen LogP) is 4.74. The molecule has 0 spiro atoms. The first-order valence-electron chi connectivity index (χ1n) is 9.75. The van der Waals surface area contributed by atoms with E-state index in [4.69, 9.17) is 4.74 Å². The molecule has 0 amide bonds. The first kappa shape index (κ1) is 23.2. The molecule has 0 saturated heterocycles. The molecule has 3 rings (SSSR count). The summed E-state index contributed by atoms with van der Waals surface area (Å²) in [7, 11) is 3.49. The minimum absolute atomic E-state index is 0.132. The molecule has 0 aliphatic carbocycles. The Morgan fingerprint density at radius 3 is 2.47 bits per heavy atom. The molecule has 1 heterocycles. The van der Waals surface area contributed by atoms with Gasteiger partial charge in [0.2, 0.25) is 0 Å². The van der Waals surface area contributed by atoms with Gasteiger partial charge in [0.05, 0.1) is 27.9 Å². The average Bonchev–Trinajstić information content (AvgIpc) is 2.74. The van der Waals surface area contributed by atoms with E-state index in [1.807, 2.05) is 0 Å². The van der Waals surface area contributed by atoms with Gasteiger partial charge in [0.15, 0.2) is 0 Å². The number of nitrogens with zero attached hydrogens (tertiary/aromatic N) is 3. The van der Waals surface area contributed by atoms with Gasteiger partial charge in [0.25, 0.3) is 5.69 Å². The van der Waals surface area contributed by atoms with E-state index in [0.29, 0.717) is 11.3 Å². The highest BCUT2D eigenvalue weighted by molar-refractivity contribution is 5.74. The summed E-state index contributed by atoms with van der Waals surface area (Å²) in [6.45, 7) is -0.604. The molecule has 0 aliphatic heterocycles. The largest absolute Gasteiger partial charge is 0.489 e. The van der Waals surface area contributed by atoms with Crippen LogP contribution in [-0.4, -0.2) is 42.2 Å². The predicted molar refractivity (Wildman–Crippen MR) is 113 cm³/mol. The van der Waals surface area contributed by atoms with Gasteiger partial charge in [0, 0.05) is 18.5 Å². The fraction of sp³-hybridized carbons (Fsp3) is 0.261. The Labute approximate surface area is 183 Å². The number of hydrogen-bond donors (Lipinski definition) is 0. The molecule has 9 heteroatoms. The molecular formula is C23H21F3N3O3. The van der Waals surface area contributed by atoms with E-state index >= 15 is 0 Å². The van der Waals surface area contributed by atoms with E-state index < -0.39 is 23.2 Å². The van der Waals surface area contributed by atoms with Crippen LogP contribution in [0.1, 0.15) is 16.7 Å². The summed E-state index contributed by atoms with van der Waals surface area (Å²) in [5, 5.41) is 11.9. The summed E-state index contributed by atoms with van der Waals surface area (Å²) in [5.74, 6) is -1.10. The Balaban J connectivity index is 2.13. The number of alkyl halides is 1. The summed E-state index contributed by atoms with van der Waals surface area (Å²) >= 11 is 0.